The number of carbonyl (C=O) groups excluding carboxylic acids is 1. The van der Waals surface area contributed by atoms with Crippen molar-refractivity contribution in [3.8, 4) is 0 Å². The highest BCUT2D eigenvalue weighted by Crippen LogP contribution is 2.27. The van der Waals surface area contributed by atoms with Gasteiger partial charge in [-0.2, -0.15) is 5.10 Å². The van der Waals surface area contributed by atoms with Crippen LogP contribution in [0.4, 0.5) is 5.69 Å². The molecule has 1 atom stereocenters. The highest BCUT2D eigenvalue weighted by Gasteiger charge is 2.27. The second-order valence-corrected chi connectivity index (χ2v) is 7.08. The summed E-state index contributed by atoms with van der Waals surface area (Å²) in [5.74, 6) is 0.984. The summed E-state index contributed by atoms with van der Waals surface area (Å²) in [6.45, 7) is 3.39. The molecule has 156 valence electrons. The van der Waals surface area contributed by atoms with Crippen molar-refractivity contribution in [3.63, 3.8) is 0 Å². The van der Waals surface area contributed by atoms with Crippen LogP contribution in [0.1, 0.15) is 17.2 Å². The van der Waals surface area contributed by atoms with Crippen LogP contribution in [-0.4, -0.2) is 66.4 Å². The minimum absolute atomic E-state index is 0. The van der Waals surface area contributed by atoms with Crippen LogP contribution in [0.25, 0.3) is 0 Å². The Hall–Kier alpha value is -2.14. The van der Waals surface area contributed by atoms with Gasteiger partial charge >= 0.3 is 0 Å². The highest BCUT2D eigenvalue weighted by atomic mass is 127. The lowest BCUT2D eigenvalue weighted by molar-refractivity contribution is -0.117. The molecule has 29 heavy (non-hydrogen) atoms. The summed E-state index contributed by atoms with van der Waals surface area (Å²) in [6.07, 6.45) is 4.30. The van der Waals surface area contributed by atoms with E-state index in [2.05, 4.69) is 20.3 Å². The van der Waals surface area contributed by atoms with Gasteiger partial charge < -0.3 is 19.9 Å². The smallest absolute Gasteiger partial charge is 0.231 e. The average molecular weight is 510 g/mol. The quantitative estimate of drug-likeness (QED) is 0.384. The number of halogens is 1. The van der Waals surface area contributed by atoms with Crippen LogP contribution in [0.2, 0.25) is 0 Å². The van der Waals surface area contributed by atoms with E-state index in [0.29, 0.717) is 26.1 Å². The topological polar surface area (TPSA) is 75.0 Å². The molecule has 0 spiro atoms. The van der Waals surface area contributed by atoms with E-state index in [4.69, 9.17) is 4.74 Å². The number of nitrogens with one attached hydrogen (secondary N) is 1. The van der Waals surface area contributed by atoms with Crippen molar-refractivity contribution in [3.05, 3.63) is 47.8 Å². The Bertz CT molecular complexity index is 883. The molecule has 0 saturated carbocycles. The van der Waals surface area contributed by atoms with Crippen LogP contribution in [-0.2, 0) is 23.0 Å². The first-order valence-electron chi connectivity index (χ1n) is 9.59. The van der Waals surface area contributed by atoms with Crippen LogP contribution < -0.4 is 10.2 Å². The fourth-order valence-corrected chi connectivity index (χ4v) is 3.82. The molecule has 9 heteroatoms. The van der Waals surface area contributed by atoms with Gasteiger partial charge in [0.15, 0.2) is 5.96 Å². The minimum atomic E-state index is -0.0203. The molecule has 2 aliphatic heterocycles. The molecule has 0 bridgehead atoms. The number of nitrogens with zero attached hydrogens (tertiary/aromatic N) is 5. The third-order valence-corrected chi connectivity index (χ3v) is 5.22. The van der Waals surface area contributed by atoms with E-state index >= 15 is 0 Å². The summed E-state index contributed by atoms with van der Waals surface area (Å²) >= 11 is 0. The maximum Gasteiger partial charge on any atom is 0.231 e. The van der Waals surface area contributed by atoms with Crippen molar-refractivity contribution in [1.82, 2.24) is 20.0 Å². The highest BCUT2D eigenvalue weighted by molar-refractivity contribution is 14.0. The van der Waals surface area contributed by atoms with Crippen LogP contribution in [0, 0.1) is 0 Å². The lowest BCUT2D eigenvalue weighted by Gasteiger charge is -2.35. The van der Waals surface area contributed by atoms with Gasteiger partial charge in [-0.1, -0.05) is 18.2 Å². The van der Waals surface area contributed by atoms with Crippen molar-refractivity contribution in [2.24, 2.45) is 12.0 Å². The Morgan fingerprint density at radius 1 is 1.38 bits per heavy atom. The minimum Gasteiger partial charge on any atom is -0.370 e. The van der Waals surface area contributed by atoms with Gasteiger partial charge in [0.2, 0.25) is 5.91 Å². The molecule has 3 heterocycles. The lowest BCUT2D eigenvalue weighted by atomic mass is 10.1. The van der Waals surface area contributed by atoms with Crippen LogP contribution in [0.5, 0.6) is 0 Å². The van der Waals surface area contributed by atoms with Gasteiger partial charge in [-0.25, -0.2) is 0 Å². The molecule has 1 unspecified atom stereocenters. The van der Waals surface area contributed by atoms with Crippen LogP contribution >= 0.6 is 24.0 Å². The van der Waals surface area contributed by atoms with Crippen molar-refractivity contribution < 1.29 is 9.53 Å². The number of aliphatic imine (C=N–C) groups is 1. The number of aryl methyl sites for hydroxylation is 1. The molecule has 1 aromatic heterocycles. The molecule has 1 fully saturated rings. The predicted molar refractivity (Wildman–Crippen MR) is 123 cm³/mol. The summed E-state index contributed by atoms with van der Waals surface area (Å²) in [7, 11) is 3.69. The summed E-state index contributed by atoms with van der Waals surface area (Å²) in [5.41, 5.74) is 3.19. The van der Waals surface area contributed by atoms with E-state index in [9.17, 15) is 4.79 Å². The van der Waals surface area contributed by atoms with E-state index in [1.807, 2.05) is 48.6 Å². The zero-order valence-electron chi connectivity index (χ0n) is 16.7. The number of anilines is 1. The molecule has 1 saturated heterocycles. The summed E-state index contributed by atoms with van der Waals surface area (Å²) in [5, 5.41) is 7.64. The largest absolute Gasteiger partial charge is 0.370 e. The number of hydrogen-bond donors (Lipinski definition) is 1. The third-order valence-electron chi connectivity index (χ3n) is 5.22. The molecular formula is C20H27IN6O2. The van der Waals surface area contributed by atoms with E-state index in [1.165, 1.54) is 0 Å². The van der Waals surface area contributed by atoms with Crippen molar-refractivity contribution in [1.29, 1.82) is 0 Å². The number of fused-ring (bicyclic) bond motifs is 1. The van der Waals surface area contributed by atoms with Crippen LogP contribution in [0.3, 0.4) is 0 Å². The Balaban J connectivity index is 0.00000240. The normalized spacial score (nSPS) is 19.2. The fraction of sp³-hybridized carbons (Fsp3) is 0.450. The number of morpholine rings is 1. The zero-order chi connectivity index (χ0) is 19.5. The molecule has 4 rings (SSSR count). The summed E-state index contributed by atoms with van der Waals surface area (Å²) < 4.78 is 7.70. The van der Waals surface area contributed by atoms with Gasteiger partial charge in [-0.05, 0) is 11.6 Å². The maximum absolute atomic E-state index is 12.3. The molecule has 1 amide bonds. The number of amides is 1. The van der Waals surface area contributed by atoms with E-state index in [-0.39, 0.29) is 36.0 Å². The fourth-order valence-electron chi connectivity index (χ4n) is 3.82. The number of rotatable bonds is 4. The molecule has 0 radical (unpaired) electrons. The molecule has 8 nitrogen and oxygen atoms in total. The van der Waals surface area contributed by atoms with E-state index in [0.717, 1.165) is 35.9 Å². The van der Waals surface area contributed by atoms with Gasteiger partial charge in [0.1, 0.15) is 6.10 Å². The number of aromatic nitrogens is 2. The second kappa shape index (κ2) is 9.57. The summed E-state index contributed by atoms with van der Waals surface area (Å²) in [6, 6.07) is 7.98. The van der Waals surface area contributed by atoms with Gasteiger partial charge in [-0.15, -0.1) is 24.0 Å². The van der Waals surface area contributed by atoms with Crippen molar-refractivity contribution >= 4 is 41.5 Å². The Morgan fingerprint density at radius 3 is 2.97 bits per heavy atom. The van der Waals surface area contributed by atoms with Crippen LogP contribution in [0.15, 0.2) is 41.7 Å². The number of ether oxygens (including phenoxy) is 1. The van der Waals surface area contributed by atoms with E-state index in [1.54, 1.807) is 11.7 Å². The van der Waals surface area contributed by atoms with Crippen molar-refractivity contribution in [2.75, 3.05) is 44.7 Å². The first kappa shape index (κ1) is 21.6. The predicted octanol–water partition coefficient (Wildman–Crippen LogP) is 1.58. The Kier molecular flexibility index (Phi) is 7.12. The third kappa shape index (κ3) is 4.72. The second-order valence-electron chi connectivity index (χ2n) is 7.08. The molecular weight excluding hydrogens is 483 g/mol. The number of para-hydroxylation sites is 1. The van der Waals surface area contributed by atoms with E-state index < -0.39 is 0 Å². The average Bonchev–Trinajstić information content (AvgIpc) is 3.28. The molecule has 2 aromatic rings. The molecule has 1 N–H and O–H groups in total. The molecule has 0 aliphatic carbocycles. The number of benzene rings is 1. The Morgan fingerprint density at radius 2 is 2.21 bits per heavy atom. The van der Waals surface area contributed by atoms with Gasteiger partial charge in [-0.3, -0.25) is 14.5 Å². The first-order valence-corrected chi connectivity index (χ1v) is 9.59. The number of hydrogen-bond acceptors (Lipinski definition) is 4. The Labute approximate surface area is 187 Å². The van der Waals surface area contributed by atoms with Gasteiger partial charge in [0, 0.05) is 51.2 Å². The lowest BCUT2D eigenvalue weighted by Crippen LogP contribution is -2.49. The first-order chi connectivity index (χ1) is 13.7. The molecule has 1 aromatic carbocycles. The van der Waals surface area contributed by atoms with Gasteiger partial charge in [0.25, 0.3) is 0 Å². The standard InChI is InChI=1S/C20H26N6O2.HI/c1-21-20(25-9-10-28-18(14-25)16-12-23-24(2)13-16)22-7-8-26-17-6-4-3-5-15(17)11-19(26)27;/h3-6,12-13,18H,7-11,14H2,1-2H3,(H,21,22);1H. The maximum atomic E-state index is 12.3. The zero-order valence-corrected chi connectivity index (χ0v) is 19.1. The SMILES string of the molecule is CN=C(NCCN1C(=O)Cc2ccccc21)N1CCOC(c2cnn(C)c2)C1.I. The number of guanidine groups is 1. The monoisotopic (exact) mass is 510 g/mol. The van der Waals surface area contributed by atoms with Crippen molar-refractivity contribution in [2.45, 2.75) is 12.5 Å². The number of carbonyl (C=O) groups is 1. The summed E-state index contributed by atoms with van der Waals surface area (Å²) in [4.78, 5) is 20.8. The van der Waals surface area contributed by atoms with Gasteiger partial charge in [0.05, 0.1) is 25.8 Å². The molecule has 2 aliphatic rings.